The van der Waals surface area contributed by atoms with Crippen molar-refractivity contribution in [3.63, 3.8) is 0 Å². The molecule has 6 nitrogen and oxygen atoms in total. The van der Waals surface area contributed by atoms with Gasteiger partial charge in [-0.3, -0.25) is 9.78 Å². The maximum Gasteiger partial charge on any atom is 0.216 e. The van der Waals surface area contributed by atoms with Crippen LogP contribution in [0.3, 0.4) is 0 Å². The summed E-state index contributed by atoms with van der Waals surface area (Å²) in [4.78, 5) is 19.5. The topological polar surface area (TPSA) is 72.2 Å². The van der Waals surface area contributed by atoms with Crippen LogP contribution in [-0.4, -0.2) is 32.0 Å². The van der Waals surface area contributed by atoms with E-state index >= 15 is 0 Å². The second-order valence-electron chi connectivity index (χ2n) is 4.72. The lowest BCUT2D eigenvalue weighted by Gasteiger charge is -2.00. The number of nitrogens with one attached hydrogen (secondary N) is 1. The van der Waals surface area contributed by atoms with Gasteiger partial charge in [-0.05, 0) is 18.2 Å². The lowest BCUT2D eigenvalue weighted by Crippen LogP contribution is -2.22. The van der Waals surface area contributed by atoms with Gasteiger partial charge < -0.3 is 5.32 Å². The molecule has 0 unspecified atom stereocenters. The number of carbonyl (C=O) groups is 1. The fourth-order valence-corrected chi connectivity index (χ4v) is 2.10. The highest BCUT2D eigenvalue weighted by atomic mass is 16.1. The summed E-state index contributed by atoms with van der Waals surface area (Å²) in [6, 6.07) is 7.71. The van der Waals surface area contributed by atoms with Gasteiger partial charge >= 0.3 is 0 Å². The van der Waals surface area contributed by atoms with Crippen LogP contribution in [0.2, 0.25) is 0 Å². The number of rotatable bonds is 4. The number of carbonyl (C=O) groups excluding carboxylic acids is 1. The number of aromatic nitrogens is 4. The van der Waals surface area contributed by atoms with E-state index in [9.17, 15) is 4.79 Å². The highest BCUT2D eigenvalue weighted by Gasteiger charge is 2.05. The van der Waals surface area contributed by atoms with Gasteiger partial charge in [0.1, 0.15) is 0 Å². The number of nitrogens with zero attached hydrogens (tertiary/aromatic N) is 4. The summed E-state index contributed by atoms with van der Waals surface area (Å²) in [5.41, 5.74) is 3.61. The molecule has 0 aliphatic heterocycles. The Kier molecular flexibility index (Phi) is 3.59. The highest BCUT2D eigenvalue weighted by Crippen LogP contribution is 2.16. The Balaban J connectivity index is 1.83. The normalized spacial score (nSPS) is 10.7. The third-order valence-electron chi connectivity index (χ3n) is 3.11. The molecular weight excluding hydrogens is 266 g/mol. The number of amides is 1. The molecule has 3 aromatic heterocycles. The van der Waals surface area contributed by atoms with Gasteiger partial charge in [-0.1, -0.05) is 0 Å². The van der Waals surface area contributed by atoms with Crippen molar-refractivity contribution in [2.75, 3.05) is 6.54 Å². The third-order valence-corrected chi connectivity index (χ3v) is 3.11. The first-order valence-corrected chi connectivity index (χ1v) is 6.72. The molecule has 3 rings (SSSR count). The smallest absolute Gasteiger partial charge is 0.216 e. The predicted octanol–water partition coefficient (Wildman–Crippen LogP) is 1.47. The van der Waals surface area contributed by atoms with E-state index in [1.54, 1.807) is 16.9 Å². The summed E-state index contributed by atoms with van der Waals surface area (Å²) < 4.78 is 1.74. The second kappa shape index (κ2) is 5.70. The molecule has 0 radical (unpaired) electrons. The molecule has 21 heavy (non-hydrogen) atoms. The van der Waals surface area contributed by atoms with Crippen LogP contribution in [0.4, 0.5) is 0 Å². The van der Waals surface area contributed by atoms with E-state index < -0.39 is 0 Å². The van der Waals surface area contributed by atoms with Crippen LogP contribution in [0, 0.1) is 0 Å². The Bertz CT molecular complexity index is 766. The van der Waals surface area contributed by atoms with Crippen LogP contribution in [0.25, 0.3) is 16.9 Å². The summed E-state index contributed by atoms with van der Waals surface area (Å²) >= 11 is 0. The van der Waals surface area contributed by atoms with E-state index in [2.05, 4.69) is 20.4 Å². The first-order valence-electron chi connectivity index (χ1n) is 6.72. The molecule has 0 bridgehead atoms. The number of pyridine rings is 1. The van der Waals surface area contributed by atoms with Crippen molar-refractivity contribution in [2.24, 2.45) is 0 Å². The molecule has 0 saturated carbocycles. The summed E-state index contributed by atoms with van der Waals surface area (Å²) in [5, 5.41) is 7.19. The number of hydrogen-bond donors (Lipinski definition) is 1. The Hall–Kier alpha value is -2.76. The van der Waals surface area contributed by atoms with Gasteiger partial charge in [0.2, 0.25) is 5.91 Å². The zero-order chi connectivity index (χ0) is 14.7. The Morgan fingerprint density at radius 1 is 1.29 bits per heavy atom. The summed E-state index contributed by atoms with van der Waals surface area (Å²) in [5.74, 6) is -0.0307. The molecule has 0 fully saturated rings. The summed E-state index contributed by atoms with van der Waals surface area (Å²) in [7, 11) is 0. The van der Waals surface area contributed by atoms with Crippen molar-refractivity contribution in [2.45, 2.75) is 13.3 Å². The Morgan fingerprint density at radius 3 is 2.86 bits per heavy atom. The molecule has 0 aliphatic rings. The first kappa shape index (κ1) is 13.2. The van der Waals surface area contributed by atoms with Gasteiger partial charge in [-0.2, -0.15) is 5.10 Å². The predicted molar refractivity (Wildman–Crippen MR) is 78.6 cm³/mol. The largest absolute Gasteiger partial charge is 0.356 e. The molecule has 3 aromatic rings. The molecular formula is C15H15N5O. The van der Waals surface area contributed by atoms with Crippen molar-refractivity contribution in [1.82, 2.24) is 24.9 Å². The molecule has 0 saturated heterocycles. The lowest BCUT2D eigenvalue weighted by molar-refractivity contribution is -0.118. The minimum Gasteiger partial charge on any atom is -0.356 e. The molecule has 106 valence electrons. The van der Waals surface area contributed by atoms with E-state index in [0.717, 1.165) is 22.6 Å². The maximum atomic E-state index is 10.9. The monoisotopic (exact) mass is 281 g/mol. The second-order valence-corrected chi connectivity index (χ2v) is 4.72. The van der Waals surface area contributed by atoms with Crippen molar-refractivity contribution >= 4 is 11.6 Å². The lowest BCUT2D eigenvalue weighted by atomic mass is 10.2. The fraction of sp³-hybridized carbons (Fsp3) is 0.200. The zero-order valence-electron chi connectivity index (χ0n) is 11.7. The highest BCUT2D eigenvalue weighted by molar-refractivity contribution is 5.72. The van der Waals surface area contributed by atoms with E-state index in [1.165, 1.54) is 6.92 Å². The standard InChI is InChI=1S/C15H15N5O/c1-11(21)17-8-4-13-10-15-18-14(5-9-20(15)19-13)12-2-6-16-7-3-12/h2-3,5-7,9-10H,4,8H2,1H3,(H,17,21). The SMILES string of the molecule is CC(=O)NCCc1cc2nc(-c3ccncc3)ccn2n1. The van der Waals surface area contributed by atoms with Crippen LogP contribution in [0.5, 0.6) is 0 Å². The van der Waals surface area contributed by atoms with Crippen LogP contribution < -0.4 is 5.32 Å². The average molecular weight is 281 g/mol. The van der Waals surface area contributed by atoms with Gasteiger partial charge in [-0.25, -0.2) is 9.50 Å². The minimum absolute atomic E-state index is 0.0307. The van der Waals surface area contributed by atoms with Gasteiger partial charge in [0.25, 0.3) is 0 Å². The molecule has 0 aliphatic carbocycles. The Labute approximate surface area is 121 Å². The summed E-state index contributed by atoms with van der Waals surface area (Å²) in [6.45, 7) is 2.09. The van der Waals surface area contributed by atoms with E-state index in [1.807, 2.05) is 30.5 Å². The molecule has 1 amide bonds. The molecule has 0 spiro atoms. The Morgan fingerprint density at radius 2 is 2.10 bits per heavy atom. The van der Waals surface area contributed by atoms with Crippen molar-refractivity contribution in [3.8, 4) is 11.3 Å². The van der Waals surface area contributed by atoms with Crippen molar-refractivity contribution in [1.29, 1.82) is 0 Å². The van der Waals surface area contributed by atoms with Crippen LogP contribution in [0.1, 0.15) is 12.6 Å². The minimum atomic E-state index is -0.0307. The average Bonchev–Trinajstić information content (AvgIpc) is 2.89. The molecule has 6 heteroatoms. The fourth-order valence-electron chi connectivity index (χ4n) is 2.10. The van der Waals surface area contributed by atoms with E-state index in [-0.39, 0.29) is 5.91 Å². The summed E-state index contributed by atoms with van der Waals surface area (Å²) in [6.07, 6.45) is 6.07. The van der Waals surface area contributed by atoms with Crippen LogP contribution >= 0.6 is 0 Å². The first-order chi connectivity index (χ1) is 10.2. The molecule has 0 aromatic carbocycles. The quantitative estimate of drug-likeness (QED) is 0.786. The van der Waals surface area contributed by atoms with Crippen molar-refractivity contribution < 1.29 is 4.79 Å². The van der Waals surface area contributed by atoms with Gasteiger partial charge in [0.15, 0.2) is 5.65 Å². The van der Waals surface area contributed by atoms with Crippen molar-refractivity contribution in [3.05, 3.63) is 48.5 Å². The maximum absolute atomic E-state index is 10.9. The van der Waals surface area contributed by atoms with Gasteiger partial charge in [0.05, 0.1) is 11.4 Å². The van der Waals surface area contributed by atoms with Gasteiger partial charge in [0, 0.05) is 50.1 Å². The van der Waals surface area contributed by atoms with Gasteiger partial charge in [-0.15, -0.1) is 0 Å². The third kappa shape index (κ3) is 3.05. The number of hydrogen-bond acceptors (Lipinski definition) is 4. The molecule has 0 atom stereocenters. The zero-order valence-corrected chi connectivity index (χ0v) is 11.7. The van der Waals surface area contributed by atoms with Crippen LogP contribution in [0.15, 0.2) is 42.9 Å². The van der Waals surface area contributed by atoms with E-state index in [4.69, 9.17) is 0 Å². The molecule has 1 N–H and O–H groups in total. The van der Waals surface area contributed by atoms with E-state index in [0.29, 0.717) is 13.0 Å². The number of fused-ring (bicyclic) bond motifs is 1. The van der Waals surface area contributed by atoms with Crippen LogP contribution in [-0.2, 0) is 11.2 Å². The molecule has 3 heterocycles.